The van der Waals surface area contributed by atoms with E-state index in [1.165, 1.54) is 18.4 Å². The van der Waals surface area contributed by atoms with Gasteiger partial charge in [0, 0.05) is 32.7 Å². The molecule has 16 heavy (non-hydrogen) atoms. The summed E-state index contributed by atoms with van der Waals surface area (Å²) in [5.74, 6) is 2.21. The average Bonchev–Trinajstić information content (AvgIpc) is 2.11. The summed E-state index contributed by atoms with van der Waals surface area (Å²) < 4.78 is 0. The van der Waals surface area contributed by atoms with E-state index in [2.05, 4.69) is 53.7 Å². The maximum absolute atomic E-state index is 2.36. The van der Waals surface area contributed by atoms with Crippen molar-refractivity contribution in [2.24, 2.45) is 11.3 Å². The van der Waals surface area contributed by atoms with E-state index in [9.17, 15) is 0 Å². The first-order valence-electron chi connectivity index (χ1n) is 6.07. The molecule has 1 radical (unpaired) electrons. The Morgan fingerprint density at radius 2 is 1.88 bits per heavy atom. The Balaban J connectivity index is 0.00000225. The summed E-state index contributed by atoms with van der Waals surface area (Å²) in [4.78, 5) is 0. The van der Waals surface area contributed by atoms with Gasteiger partial charge in [0.15, 0.2) is 0 Å². The van der Waals surface area contributed by atoms with E-state index in [1.807, 2.05) is 0 Å². The van der Waals surface area contributed by atoms with Crippen LogP contribution in [0.5, 0.6) is 0 Å². The molecule has 1 aliphatic carbocycles. The molecule has 0 nitrogen and oxygen atoms in total. The Kier molecular flexibility index (Phi) is 6.59. The molecule has 0 aromatic heterocycles. The Morgan fingerprint density at radius 3 is 2.38 bits per heavy atom. The van der Waals surface area contributed by atoms with Crippen molar-refractivity contribution in [1.29, 1.82) is 0 Å². The van der Waals surface area contributed by atoms with Crippen LogP contribution in [0.1, 0.15) is 54.4 Å². The second kappa shape index (κ2) is 6.40. The molecule has 1 rings (SSSR count). The Morgan fingerprint density at radius 1 is 1.31 bits per heavy atom. The van der Waals surface area contributed by atoms with Crippen LogP contribution in [0.25, 0.3) is 0 Å². The molecule has 0 aliphatic heterocycles. The molecule has 0 fully saturated rings. The fraction of sp³-hybridized carbons (Fsp3) is 0.667. The van der Waals surface area contributed by atoms with E-state index >= 15 is 0 Å². The van der Waals surface area contributed by atoms with Crippen LogP contribution in [0.15, 0.2) is 23.3 Å². The summed E-state index contributed by atoms with van der Waals surface area (Å²) in [7, 11) is 0. The predicted octanol–water partition coefficient (Wildman–Crippen LogP) is 4.93. The van der Waals surface area contributed by atoms with Crippen molar-refractivity contribution in [3.63, 3.8) is 0 Å². The van der Waals surface area contributed by atoms with Gasteiger partial charge < -0.3 is 0 Å². The second-order valence-corrected chi connectivity index (χ2v) is 5.81. The van der Waals surface area contributed by atoms with Crippen LogP contribution in [0.2, 0.25) is 0 Å². The Hall–Kier alpha value is 0.454. The molecule has 0 saturated carbocycles. The van der Waals surface area contributed by atoms with E-state index in [4.69, 9.17) is 0 Å². The largest absolute Gasteiger partial charge is 0.215 e. The van der Waals surface area contributed by atoms with Crippen LogP contribution in [-0.2, 0) is 32.7 Å². The van der Waals surface area contributed by atoms with Crippen molar-refractivity contribution in [2.75, 3.05) is 0 Å². The standard InChI is InChI=1S/C15H25.Y/c1-11(2)7-8-14-13(4)12(3)9-10-15(14,5)6;/h7-8,11H,9-10H2,1-6H3;/q-1;/b8-7+;. The molecule has 1 heteroatoms. The molecule has 0 atom stereocenters. The van der Waals surface area contributed by atoms with Crippen molar-refractivity contribution in [3.05, 3.63) is 29.2 Å². The van der Waals surface area contributed by atoms with Crippen LogP contribution < -0.4 is 0 Å². The molecular formula is C15H25Y-. The first-order chi connectivity index (χ1) is 6.84. The van der Waals surface area contributed by atoms with Gasteiger partial charge >= 0.3 is 0 Å². The van der Waals surface area contributed by atoms with Crippen molar-refractivity contribution in [2.45, 2.75) is 54.4 Å². The number of rotatable bonds is 2. The second-order valence-electron chi connectivity index (χ2n) is 5.81. The zero-order valence-corrected chi connectivity index (χ0v) is 14.6. The minimum Gasteiger partial charge on any atom is -0.215 e. The summed E-state index contributed by atoms with van der Waals surface area (Å²) in [5, 5.41) is 0. The fourth-order valence-electron chi connectivity index (χ4n) is 2.20. The summed E-state index contributed by atoms with van der Waals surface area (Å²) >= 11 is 0. The molecular weight excluding hydrogens is 269 g/mol. The fourth-order valence-corrected chi connectivity index (χ4v) is 2.20. The van der Waals surface area contributed by atoms with Gasteiger partial charge in [0.2, 0.25) is 0 Å². The molecule has 0 heterocycles. The third-order valence-electron chi connectivity index (χ3n) is 3.55. The number of allylic oxidation sites excluding steroid dienone is 4. The van der Waals surface area contributed by atoms with Gasteiger partial charge in [-0.1, -0.05) is 59.0 Å². The van der Waals surface area contributed by atoms with Crippen LogP contribution in [0.3, 0.4) is 0 Å². The van der Waals surface area contributed by atoms with Crippen LogP contribution in [0.4, 0.5) is 0 Å². The predicted molar refractivity (Wildman–Crippen MR) is 68.6 cm³/mol. The van der Waals surface area contributed by atoms with Crippen molar-refractivity contribution >= 4 is 0 Å². The molecule has 0 amide bonds. The van der Waals surface area contributed by atoms with E-state index in [0.29, 0.717) is 11.3 Å². The molecule has 0 aromatic carbocycles. The van der Waals surface area contributed by atoms with Gasteiger partial charge in [-0.3, -0.25) is 0 Å². The maximum Gasteiger partial charge on any atom is 0 e. The monoisotopic (exact) mass is 294 g/mol. The maximum atomic E-state index is 2.36. The van der Waals surface area contributed by atoms with Crippen molar-refractivity contribution < 1.29 is 32.7 Å². The molecule has 0 N–H and O–H groups in total. The SMILES string of the molecule is CC1=C(/C=C/C(C)C)C(C)(C)CC[C-]1C.[Y]. The van der Waals surface area contributed by atoms with Gasteiger partial charge in [-0.15, -0.1) is 13.0 Å². The van der Waals surface area contributed by atoms with E-state index in [1.54, 1.807) is 11.5 Å². The summed E-state index contributed by atoms with van der Waals surface area (Å²) in [6, 6.07) is 0. The first-order valence-corrected chi connectivity index (χ1v) is 6.07. The molecule has 89 valence electrons. The van der Waals surface area contributed by atoms with Crippen LogP contribution >= 0.6 is 0 Å². The summed E-state index contributed by atoms with van der Waals surface area (Å²) in [5.41, 5.74) is 3.41. The third kappa shape index (κ3) is 4.04. The van der Waals surface area contributed by atoms with Gasteiger partial charge in [-0.2, -0.15) is 5.57 Å². The molecule has 0 unspecified atom stereocenters. The average molecular weight is 294 g/mol. The van der Waals surface area contributed by atoms with E-state index < -0.39 is 0 Å². The molecule has 0 spiro atoms. The zero-order valence-electron chi connectivity index (χ0n) is 11.7. The van der Waals surface area contributed by atoms with Crippen molar-refractivity contribution in [1.82, 2.24) is 0 Å². The quantitative estimate of drug-likeness (QED) is 0.634. The first kappa shape index (κ1) is 16.5. The minimum absolute atomic E-state index is 0. The van der Waals surface area contributed by atoms with Gasteiger partial charge in [0.25, 0.3) is 0 Å². The summed E-state index contributed by atoms with van der Waals surface area (Å²) in [6.07, 6.45) is 7.22. The molecule has 0 bridgehead atoms. The number of hydrogen-bond acceptors (Lipinski definition) is 0. The van der Waals surface area contributed by atoms with Gasteiger partial charge in [-0.05, 0) is 5.92 Å². The van der Waals surface area contributed by atoms with Crippen LogP contribution in [0, 0.1) is 17.3 Å². The van der Waals surface area contributed by atoms with E-state index in [-0.39, 0.29) is 32.7 Å². The zero-order chi connectivity index (χ0) is 11.6. The topological polar surface area (TPSA) is 0 Å². The van der Waals surface area contributed by atoms with Gasteiger partial charge in [0.1, 0.15) is 0 Å². The van der Waals surface area contributed by atoms with Gasteiger partial charge in [-0.25, -0.2) is 11.5 Å². The normalized spacial score (nSPS) is 20.6. The van der Waals surface area contributed by atoms with E-state index in [0.717, 1.165) is 0 Å². The minimum atomic E-state index is 0. The summed E-state index contributed by atoms with van der Waals surface area (Å²) in [6.45, 7) is 13.7. The van der Waals surface area contributed by atoms with Crippen LogP contribution in [-0.4, -0.2) is 0 Å². The Labute approximate surface area is 127 Å². The molecule has 0 aromatic rings. The molecule has 1 aliphatic rings. The molecule has 0 saturated heterocycles. The van der Waals surface area contributed by atoms with Crippen molar-refractivity contribution in [3.8, 4) is 0 Å². The van der Waals surface area contributed by atoms with Gasteiger partial charge in [0.05, 0.1) is 0 Å². The smallest absolute Gasteiger partial charge is 0 e. The Bertz CT molecular complexity index is 282. The number of hydrogen-bond donors (Lipinski definition) is 0. The third-order valence-corrected chi connectivity index (χ3v) is 3.55.